The van der Waals surface area contributed by atoms with Crippen molar-refractivity contribution in [2.45, 2.75) is 26.3 Å². The number of nitrogens with two attached hydrogens (primary N) is 1. The van der Waals surface area contributed by atoms with Crippen molar-refractivity contribution >= 4 is 50.4 Å². The van der Waals surface area contributed by atoms with Crippen LogP contribution in [0.4, 0.5) is 11.4 Å². The summed E-state index contributed by atoms with van der Waals surface area (Å²) in [6.45, 7) is 4.73. The van der Waals surface area contributed by atoms with Crippen LogP contribution >= 0.6 is 22.9 Å². The standard InChI is InChI=1S/C26H25ClN4OS/c1-16-20(27)8-5-9-21(16)29-25(32)24-23(28)19-14-18-15-31(12-10-17-6-3-2-4-7-17)13-11-22(18)30-26(19)33-24/h2-9,14H,10-13,15,28H2,1H3,(H,29,32). The van der Waals surface area contributed by atoms with Gasteiger partial charge in [0.1, 0.15) is 9.71 Å². The van der Waals surface area contributed by atoms with E-state index < -0.39 is 0 Å². The van der Waals surface area contributed by atoms with E-state index in [9.17, 15) is 4.79 Å². The van der Waals surface area contributed by atoms with Gasteiger partial charge in [-0.2, -0.15) is 0 Å². The lowest BCUT2D eigenvalue weighted by Crippen LogP contribution is -2.32. The Bertz CT molecular complexity index is 1340. The number of nitrogen functional groups attached to an aromatic ring is 1. The molecule has 5 rings (SSSR count). The molecule has 3 heterocycles. The zero-order valence-electron chi connectivity index (χ0n) is 18.4. The fourth-order valence-corrected chi connectivity index (χ4v) is 5.44. The van der Waals surface area contributed by atoms with Crippen LogP contribution in [-0.4, -0.2) is 28.9 Å². The van der Waals surface area contributed by atoms with Crippen molar-refractivity contribution in [1.29, 1.82) is 0 Å². The lowest BCUT2D eigenvalue weighted by Gasteiger charge is -2.28. The lowest BCUT2D eigenvalue weighted by atomic mass is 10.0. The van der Waals surface area contributed by atoms with E-state index in [0.717, 1.165) is 53.9 Å². The third-order valence-electron chi connectivity index (χ3n) is 6.23. The quantitative estimate of drug-likeness (QED) is 0.388. The molecule has 0 radical (unpaired) electrons. The number of halogens is 1. The van der Waals surface area contributed by atoms with Crippen molar-refractivity contribution in [3.63, 3.8) is 0 Å². The molecule has 7 heteroatoms. The first-order valence-electron chi connectivity index (χ1n) is 11.0. The molecule has 1 amide bonds. The van der Waals surface area contributed by atoms with Gasteiger partial charge in [0.15, 0.2) is 0 Å². The van der Waals surface area contributed by atoms with E-state index in [1.54, 1.807) is 6.07 Å². The Labute approximate surface area is 202 Å². The number of nitrogens with one attached hydrogen (secondary N) is 1. The maximum Gasteiger partial charge on any atom is 0.267 e. The molecule has 0 atom stereocenters. The fraction of sp³-hybridized carbons (Fsp3) is 0.231. The highest BCUT2D eigenvalue weighted by Gasteiger charge is 2.23. The van der Waals surface area contributed by atoms with Gasteiger partial charge < -0.3 is 11.1 Å². The predicted molar refractivity (Wildman–Crippen MR) is 137 cm³/mol. The number of rotatable bonds is 5. The smallest absolute Gasteiger partial charge is 0.267 e. The van der Waals surface area contributed by atoms with E-state index in [2.05, 4.69) is 40.5 Å². The molecule has 0 fully saturated rings. The predicted octanol–water partition coefficient (Wildman–Crippen LogP) is 5.69. The van der Waals surface area contributed by atoms with Gasteiger partial charge in [0.25, 0.3) is 5.91 Å². The fourth-order valence-electron chi connectivity index (χ4n) is 4.27. The van der Waals surface area contributed by atoms with Crippen LogP contribution in [0.3, 0.4) is 0 Å². The second kappa shape index (κ2) is 9.14. The molecular weight excluding hydrogens is 452 g/mol. The first kappa shape index (κ1) is 21.9. The van der Waals surface area contributed by atoms with Crippen LogP contribution in [0.15, 0.2) is 54.6 Å². The van der Waals surface area contributed by atoms with Crippen LogP contribution < -0.4 is 11.1 Å². The van der Waals surface area contributed by atoms with E-state index in [0.29, 0.717) is 21.3 Å². The Morgan fingerprint density at radius 2 is 2.03 bits per heavy atom. The van der Waals surface area contributed by atoms with Crippen LogP contribution in [-0.2, 0) is 19.4 Å². The second-order valence-corrected chi connectivity index (χ2v) is 9.83. The highest BCUT2D eigenvalue weighted by Crippen LogP contribution is 2.36. The van der Waals surface area contributed by atoms with Gasteiger partial charge in [-0.1, -0.05) is 48.0 Å². The minimum absolute atomic E-state index is 0.233. The van der Waals surface area contributed by atoms with E-state index >= 15 is 0 Å². The molecule has 4 aromatic rings. The molecule has 1 aliphatic rings. The van der Waals surface area contributed by atoms with Gasteiger partial charge in [0, 0.05) is 47.8 Å². The van der Waals surface area contributed by atoms with Crippen molar-refractivity contribution in [3.05, 3.63) is 86.9 Å². The molecule has 0 saturated carbocycles. The third-order valence-corrected chi connectivity index (χ3v) is 7.75. The first-order chi connectivity index (χ1) is 16.0. The summed E-state index contributed by atoms with van der Waals surface area (Å²) in [6.07, 6.45) is 1.93. The van der Waals surface area contributed by atoms with Crippen LogP contribution in [0.1, 0.15) is 32.1 Å². The molecule has 0 spiro atoms. The molecule has 0 aliphatic carbocycles. The van der Waals surface area contributed by atoms with Gasteiger partial charge in [0.05, 0.1) is 5.69 Å². The molecular formula is C26H25ClN4OS. The van der Waals surface area contributed by atoms with E-state index in [-0.39, 0.29) is 5.91 Å². The lowest BCUT2D eigenvalue weighted by molar-refractivity contribution is 0.103. The van der Waals surface area contributed by atoms with E-state index in [4.69, 9.17) is 22.3 Å². The molecule has 2 aromatic heterocycles. The second-order valence-electron chi connectivity index (χ2n) is 8.42. The molecule has 2 aromatic carbocycles. The summed E-state index contributed by atoms with van der Waals surface area (Å²) in [5.74, 6) is -0.233. The monoisotopic (exact) mass is 476 g/mol. The Balaban J connectivity index is 1.36. The minimum atomic E-state index is -0.233. The summed E-state index contributed by atoms with van der Waals surface area (Å²) in [5, 5.41) is 4.42. The Morgan fingerprint density at radius 3 is 2.85 bits per heavy atom. The Morgan fingerprint density at radius 1 is 1.21 bits per heavy atom. The zero-order valence-corrected chi connectivity index (χ0v) is 20.0. The minimum Gasteiger partial charge on any atom is -0.397 e. The molecule has 0 unspecified atom stereocenters. The highest BCUT2D eigenvalue weighted by atomic mass is 35.5. The molecule has 5 nitrogen and oxygen atoms in total. The van der Waals surface area contributed by atoms with E-state index in [1.165, 1.54) is 22.5 Å². The van der Waals surface area contributed by atoms with Crippen LogP contribution in [0, 0.1) is 6.92 Å². The van der Waals surface area contributed by atoms with Gasteiger partial charge >= 0.3 is 0 Å². The number of pyridine rings is 1. The van der Waals surface area contributed by atoms with Crippen LogP contribution in [0.2, 0.25) is 5.02 Å². The number of carbonyl (C=O) groups excluding carboxylic acids is 1. The van der Waals surface area contributed by atoms with Gasteiger partial charge in [-0.15, -0.1) is 11.3 Å². The summed E-state index contributed by atoms with van der Waals surface area (Å²) in [4.78, 5) is 21.6. The summed E-state index contributed by atoms with van der Waals surface area (Å²) in [6, 6.07) is 18.1. The van der Waals surface area contributed by atoms with Crippen molar-refractivity contribution in [2.75, 3.05) is 24.1 Å². The summed E-state index contributed by atoms with van der Waals surface area (Å²) in [5.41, 5.74) is 12.1. The number of hydrogen-bond donors (Lipinski definition) is 2. The van der Waals surface area contributed by atoms with Crippen molar-refractivity contribution in [3.8, 4) is 0 Å². The maximum absolute atomic E-state index is 13.0. The maximum atomic E-state index is 13.0. The summed E-state index contributed by atoms with van der Waals surface area (Å²) < 4.78 is 0. The number of thiophene rings is 1. The van der Waals surface area contributed by atoms with Crippen molar-refractivity contribution < 1.29 is 4.79 Å². The highest BCUT2D eigenvalue weighted by molar-refractivity contribution is 7.21. The average molecular weight is 477 g/mol. The van der Waals surface area contributed by atoms with Crippen molar-refractivity contribution in [2.24, 2.45) is 0 Å². The van der Waals surface area contributed by atoms with E-state index in [1.807, 2.05) is 25.1 Å². The van der Waals surface area contributed by atoms with Gasteiger partial charge in [-0.3, -0.25) is 9.69 Å². The van der Waals surface area contributed by atoms with Crippen LogP contribution in [0.5, 0.6) is 0 Å². The normalized spacial score (nSPS) is 13.8. The number of amides is 1. The number of nitrogens with zero attached hydrogens (tertiary/aromatic N) is 2. The number of carbonyl (C=O) groups is 1. The summed E-state index contributed by atoms with van der Waals surface area (Å²) >= 11 is 7.54. The summed E-state index contributed by atoms with van der Waals surface area (Å²) in [7, 11) is 0. The average Bonchev–Trinajstić information content (AvgIpc) is 3.15. The molecule has 33 heavy (non-hydrogen) atoms. The Hall–Kier alpha value is -2.93. The molecule has 3 N–H and O–H groups in total. The van der Waals surface area contributed by atoms with Crippen LogP contribution in [0.25, 0.3) is 10.2 Å². The Kier molecular flexibility index (Phi) is 6.06. The number of fused-ring (bicyclic) bond motifs is 2. The molecule has 0 bridgehead atoms. The largest absolute Gasteiger partial charge is 0.397 e. The molecule has 1 aliphatic heterocycles. The van der Waals surface area contributed by atoms with Gasteiger partial charge in [-0.05, 0) is 48.2 Å². The van der Waals surface area contributed by atoms with Gasteiger partial charge in [0.2, 0.25) is 0 Å². The molecule has 0 saturated heterocycles. The number of aromatic nitrogens is 1. The zero-order chi connectivity index (χ0) is 22.9. The number of benzene rings is 2. The van der Waals surface area contributed by atoms with Crippen molar-refractivity contribution in [1.82, 2.24) is 9.88 Å². The number of anilines is 2. The topological polar surface area (TPSA) is 71.2 Å². The van der Waals surface area contributed by atoms with Gasteiger partial charge in [-0.25, -0.2) is 4.98 Å². The third kappa shape index (κ3) is 4.47. The SMILES string of the molecule is Cc1c(Cl)cccc1NC(=O)c1sc2nc3c(cc2c1N)CN(CCc1ccccc1)CC3. The first-order valence-corrected chi connectivity index (χ1v) is 12.2. The molecule has 168 valence electrons. The number of hydrogen-bond acceptors (Lipinski definition) is 5.